The first-order valence-corrected chi connectivity index (χ1v) is 9.27. The van der Waals surface area contributed by atoms with Gasteiger partial charge in [0, 0.05) is 44.6 Å². The van der Waals surface area contributed by atoms with Gasteiger partial charge in [-0.2, -0.15) is 5.10 Å². The van der Waals surface area contributed by atoms with Crippen LogP contribution in [0, 0.1) is 0 Å². The van der Waals surface area contributed by atoms with Gasteiger partial charge in [-0.3, -0.25) is 9.48 Å². The number of benzene rings is 1. The van der Waals surface area contributed by atoms with E-state index < -0.39 is 0 Å². The fourth-order valence-corrected chi connectivity index (χ4v) is 3.20. The average Bonchev–Trinajstić information content (AvgIpc) is 3.31. The summed E-state index contributed by atoms with van der Waals surface area (Å²) in [7, 11) is 5.36. The van der Waals surface area contributed by atoms with E-state index in [2.05, 4.69) is 22.2 Å². The van der Waals surface area contributed by atoms with E-state index in [1.54, 1.807) is 25.4 Å². The van der Waals surface area contributed by atoms with E-state index in [0.717, 1.165) is 23.4 Å². The van der Waals surface area contributed by atoms with Crippen LogP contribution in [0.1, 0.15) is 28.8 Å². The molecule has 2 heterocycles. The second-order valence-electron chi connectivity index (χ2n) is 6.65. The molecule has 3 aromatic rings. The third-order valence-corrected chi connectivity index (χ3v) is 4.80. The Hall–Kier alpha value is -3.00. The molecular weight excluding hydrogens is 356 g/mol. The molecule has 2 aromatic heterocycles. The Morgan fingerprint density at radius 3 is 2.68 bits per heavy atom. The Morgan fingerprint density at radius 2 is 2.00 bits per heavy atom. The van der Waals surface area contributed by atoms with Gasteiger partial charge < -0.3 is 14.2 Å². The first kappa shape index (κ1) is 19.8. The topological polar surface area (TPSA) is 78.1 Å². The predicted octanol–water partition coefficient (Wildman–Crippen LogP) is 2.16. The van der Waals surface area contributed by atoms with E-state index in [1.165, 1.54) is 5.69 Å². The molecule has 0 aliphatic heterocycles. The summed E-state index contributed by atoms with van der Waals surface area (Å²) in [5.74, 6) is 0.669. The zero-order valence-corrected chi connectivity index (χ0v) is 16.8. The Kier molecular flexibility index (Phi) is 6.20. The lowest BCUT2D eigenvalue weighted by Gasteiger charge is -2.17. The van der Waals surface area contributed by atoms with Crippen molar-refractivity contribution in [3.63, 3.8) is 0 Å². The number of rotatable bonds is 8. The SMILES string of the molecule is CCc1c(-c2ccc(C(=O)N(C)Cc3nncn3CCOC)cc2)cnn1C. The van der Waals surface area contributed by atoms with E-state index in [1.807, 2.05) is 46.8 Å². The van der Waals surface area contributed by atoms with Crippen LogP contribution in [0.3, 0.4) is 0 Å². The molecule has 148 valence electrons. The molecule has 0 fully saturated rings. The fourth-order valence-electron chi connectivity index (χ4n) is 3.20. The number of aromatic nitrogens is 5. The molecule has 8 heteroatoms. The number of hydrogen-bond donors (Lipinski definition) is 0. The highest BCUT2D eigenvalue weighted by atomic mass is 16.5. The maximum atomic E-state index is 12.8. The summed E-state index contributed by atoms with van der Waals surface area (Å²) in [5.41, 5.74) is 3.97. The van der Waals surface area contributed by atoms with Crippen molar-refractivity contribution >= 4 is 5.91 Å². The van der Waals surface area contributed by atoms with Gasteiger partial charge in [-0.1, -0.05) is 19.1 Å². The molecule has 0 saturated heterocycles. The van der Waals surface area contributed by atoms with Crippen LogP contribution < -0.4 is 0 Å². The zero-order valence-electron chi connectivity index (χ0n) is 16.8. The van der Waals surface area contributed by atoms with Crippen molar-refractivity contribution in [2.75, 3.05) is 20.8 Å². The number of carbonyl (C=O) groups is 1. The molecule has 8 nitrogen and oxygen atoms in total. The van der Waals surface area contributed by atoms with E-state index >= 15 is 0 Å². The van der Waals surface area contributed by atoms with Gasteiger partial charge in [-0.25, -0.2) is 0 Å². The van der Waals surface area contributed by atoms with Crippen molar-refractivity contribution in [2.24, 2.45) is 7.05 Å². The van der Waals surface area contributed by atoms with E-state index in [-0.39, 0.29) is 5.91 Å². The first-order chi connectivity index (χ1) is 13.5. The van der Waals surface area contributed by atoms with Crippen LogP contribution in [-0.4, -0.2) is 56.1 Å². The summed E-state index contributed by atoms with van der Waals surface area (Å²) >= 11 is 0. The van der Waals surface area contributed by atoms with Crippen LogP contribution in [0.25, 0.3) is 11.1 Å². The minimum Gasteiger partial charge on any atom is -0.383 e. The van der Waals surface area contributed by atoms with Crippen molar-refractivity contribution in [1.29, 1.82) is 0 Å². The maximum absolute atomic E-state index is 12.8. The summed E-state index contributed by atoms with van der Waals surface area (Å²) in [6.45, 7) is 3.71. The fraction of sp³-hybridized carbons (Fsp3) is 0.400. The van der Waals surface area contributed by atoms with Gasteiger partial charge >= 0.3 is 0 Å². The second-order valence-corrected chi connectivity index (χ2v) is 6.65. The normalized spacial score (nSPS) is 11.0. The number of ether oxygens (including phenoxy) is 1. The molecule has 0 spiro atoms. The Balaban J connectivity index is 1.71. The molecule has 1 aromatic carbocycles. The van der Waals surface area contributed by atoms with Crippen LogP contribution in [0.2, 0.25) is 0 Å². The lowest BCUT2D eigenvalue weighted by Crippen LogP contribution is -2.28. The molecule has 3 rings (SSSR count). The number of carbonyl (C=O) groups excluding carboxylic acids is 1. The molecule has 1 amide bonds. The van der Waals surface area contributed by atoms with Crippen molar-refractivity contribution in [1.82, 2.24) is 29.4 Å². The van der Waals surface area contributed by atoms with Gasteiger partial charge in [0.1, 0.15) is 6.33 Å². The molecule has 0 aliphatic carbocycles. The third kappa shape index (κ3) is 4.12. The number of amides is 1. The second kappa shape index (κ2) is 8.79. The summed E-state index contributed by atoms with van der Waals surface area (Å²) in [5, 5.41) is 12.4. The standard InChI is InChI=1S/C20H26N6O2/c1-5-18-17(12-22-25(18)3)15-6-8-16(9-7-15)20(27)24(2)13-19-23-21-14-26(19)10-11-28-4/h6-9,12,14H,5,10-11,13H2,1-4H3. The summed E-state index contributed by atoms with van der Waals surface area (Å²) in [6, 6.07) is 7.66. The van der Waals surface area contributed by atoms with Gasteiger partial charge in [-0.15, -0.1) is 10.2 Å². The van der Waals surface area contributed by atoms with E-state index in [9.17, 15) is 4.79 Å². The average molecular weight is 382 g/mol. The molecule has 28 heavy (non-hydrogen) atoms. The third-order valence-electron chi connectivity index (χ3n) is 4.80. The van der Waals surface area contributed by atoms with Gasteiger partial charge in [-0.05, 0) is 24.1 Å². The minimum absolute atomic E-state index is 0.0604. The van der Waals surface area contributed by atoms with Gasteiger partial charge in [0.15, 0.2) is 5.82 Å². The predicted molar refractivity (Wildman–Crippen MR) is 106 cm³/mol. The lowest BCUT2D eigenvalue weighted by atomic mass is 10.0. The van der Waals surface area contributed by atoms with Crippen molar-refractivity contribution < 1.29 is 9.53 Å². The van der Waals surface area contributed by atoms with E-state index in [4.69, 9.17) is 4.74 Å². The Labute approximate surface area is 164 Å². The van der Waals surface area contributed by atoms with Gasteiger partial charge in [0.05, 0.1) is 19.3 Å². The highest BCUT2D eigenvalue weighted by molar-refractivity contribution is 5.94. The minimum atomic E-state index is -0.0604. The van der Waals surface area contributed by atoms with Gasteiger partial charge in [0.2, 0.25) is 0 Å². The van der Waals surface area contributed by atoms with Crippen LogP contribution in [-0.2, 0) is 31.3 Å². The largest absolute Gasteiger partial charge is 0.383 e. The molecule has 0 bridgehead atoms. The Bertz CT molecular complexity index is 929. The summed E-state index contributed by atoms with van der Waals surface area (Å²) in [6.07, 6.45) is 4.42. The molecule has 0 saturated carbocycles. The number of hydrogen-bond acceptors (Lipinski definition) is 5. The Morgan fingerprint density at radius 1 is 1.25 bits per heavy atom. The summed E-state index contributed by atoms with van der Waals surface area (Å²) < 4.78 is 8.88. The monoisotopic (exact) mass is 382 g/mol. The quantitative estimate of drug-likeness (QED) is 0.597. The van der Waals surface area contributed by atoms with Crippen molar-refractivity contribution in [2.45, 2.75) is 26.4 Å². The zero-order chi connectivity index (χ0) is 20.1. The maximum Gasteiger partial charge on any atom is 0.254 e. The smallest absolute Gasteiger partial charge is 0.254 e. The van der Waals surface area contributed by atoms with Gasteiger partial charge in [0.25, 0.3) is 5.91 Å². The molecule has 0 N–H and O–H groups in total. The van der Waals surface area contributed by atoms with Crippen LogP contribution >= 0.6 is 0 Å². The van der Waals surface area contributed by atoms with Crippen molar-refractivity contribution in [3.05, 3.63) is 53.9 Å². The number of nitrogens with zero attached hydrogens (tertiary/aromatic N) is 6. The van der Waals surface area contributed by atoms with Crippen LogP contribution in [0.4, 0.5) is 0 Å². The van der Waals surface area contributed by atoms with Crippen molar-refractivity contribution in [3.8, 4) is 11.1 Å². The number of aryl methyl sites for hydroxylation is 1. The first-order valence-electron chi connectivity index (χ1n) is 9.27. The van der Waals surface area contributed by atoms with E-state index in [0.29, 0.717) is 25.3 Å². The molecule has 0 radical (unpaired) electrons. The van der Waals surface area contributed by atoms with Crippen LogP contribution in [0.5, 0.6) is 0 Å². The molecular formula is C20H26N6O2. The molecule has 0 atom stereocenters. The highest BCUT2D eigenvalue weighted by Gasteiger charge is 2.16. The molecule has 0 unspecified atom stereocenters. The molecule has 0 aliphatic rings. The highest BCUT2D eigenvalue weighted by Crippen LogP contribution is 2.24. The number of methoxy groups -OCH3 is 1. The van der Waals surface area contributed by atoms with Crippen LogP contribution in [0.15, 0.2) is 36.8 Å². The summed E-state index contributed by atoms with van der Waals surface area (Å²) in [4.78, 5) is 14.4. The lowest BCUT2D eigenvalue weighted by molar-refractivity contribution is 0.0779.